The zero-order chi connectivity index (χ0) is 21.7. The average molecular weight is 434 g/mol. The number of aromatic nitrogens is 1. The molecule has 6 heteroatoms. The number of carbonyl (C=O) groups is 1. The third-order valence-electron chi connectivity index (χ3n) is 7.22. The highest BCUT2D eigenvalue weighted by Crippen LogP contribution is 2.36. The molecule has 6 rings (SSSR count). The second kappa shape index (κ2) is 7.93. The van der Waals surface area contributed by atoms with Gasteiger partial charge in [0.15, 0.2) is 0 Å². The molecule has 1 fully saturated rings. The first-order valence-electron chi connectivity index (χ1n) is 11.7. The first-order valence-corrected chi connectivity index (χ1v) is 11.7. The molecule has 5 nitrogen and oxygen atoms in total. The Morgan fingerprint density at radius 2 is 2.09 bits per heavy atom. The van der Waals surface area contributed by atoms with Gasteiger partial charge in [-0.2, -0.15) is 0 Å². The summed E-state index contributed by atoms with van der Waals surface area (Å²) in [5, 5.41) is 3.93. The van der Waals surface area contributed by atoms with Gasteiger partial charge in [0, 0.05) is 41.8 Å². The van der Waals surface area contributed by atoms with Crippen molar-refractivity contribution in [3.05, 3.63) is 64.6 Å². The number of hydrogen-bond donors (Lipinski definition) is 2. The minimum atomic E-state index is -0.191. The number of carbonyl (C=O) groups excluding carboxylic acids is 1. The van der Waals surface area contributed by atoms with Crippen LogP contribution in [0.25, 0.3) is 10.9 Å². The summed E-state index contributed by atoms with van der Waals surface area (Å²) in [5.41, 5.74) is 5.14. The highest BCUT2D eigenvalue weighted by molar-refractivity contribution is 6.00. The Bertz CT molecular complexity index is 1180. The second-order valence-corrected chi connectivity index (χ2v) is 9.47. The molecular formula is C26H28FN3O2. The number of nitrogens with one attached hydrogen (secondary N) is 2. The van der Waals surface area contributed by atoms with Gasteiger partial charge >= 0.3 is 0 Å². The summed E-state index contributed by atoms with van der Waals surface area (Å²) in [6.07, 6.45) is 7.40. The number of fused-ring (bicyclic) bond motifs is 4. The molecule has 0 saturated heterocycles. The maximum absolute atomic E-state index is 13.7. The number of halogens is 1. The summed E-state index contributed by atoms with van der Waals surface area (Å²) in [6.45, 7) is 3.34. The fourth-order valence-electron chi connectivity index (χ4n) is 5.31. The van der Waals surface area contributed by atoms with E-state index in [0.29, 0.717) is 13.2 Å². The van der Waals surface area contributed by atoms with Gasteiger partial charge in [-0.05, 0) is 80.0 Å². The Morgan fingerprint density at radius 3 is 2.97 bits per heavy atom. The van der Waals surface area contributed by atoms with Crippen molar-refractivity contribution in [2.75, 3.05) is 19.7 Å². The van der Waals surface area contributed by atoms with Crippen molar-refractivity contribution in [2.45, 2.75) is 44.7 Å². The Hall–Kier alpha value is -2.86. The molecule has 1 saturated carbocycles. The molecule has 3 aromatic rings. The van der Waals surface area contributed by atoms with Gasteiger partial charge < -0.3 is 15.0 Å². The van der Waals surface area contributed by atoms with E-state index in [-0.39, 0.29) is 17.8 Å². The summed E-state index contributed by atoms with van der Waals surface area (Å²) < 4.78 is 19.9. The van der Waals surface area contributed by atoms with Crippen molar-refractivity contribution >= 4 is 16.8 Å². The number of H-pyrrole nitrogens is 1. The molecule has 0 radical (unpaired) electrons. The lowest BCUT2D eigenvalue weighted by Crippen LogP contribution is -2.45. The van der Waals surface area contributed by atoms with Crippen LogP contribution in [0.1, 0.15) is 46.3 Å². The molecule has 2 aliphatic heterocycles. The van der Waals surface area contributed by atoms with Gasteiger partial charge in [-0.3, -0.25) is 9.69 Å². The van der Waals surface area contributed by atoms with Gasteiger partial charge in [0.2, 0.25) is 0 Å². The second-order valence-electron chi connectivity index (χ2n) is 9.47. The number of benzene rings is 2. The first-order chi connectivity index (χ1) is 15.7. The predicted molar refractivity (Wildman–Crippen MR) is 121 cm³/mol. The fraction of sp³-hybridized carbons (Fsp3) is 0.423. The molecule has 3 aliphatic rings. The number of hydrogen-bond acceptors (Lipinski definition) is 3. The summed E-state index contributed by atoms with van der Waals surface area (Å²) in [5.74, 6) is 1.48. The number of aryl methyl sites for hydroxylation is 1. The summed E-state index contributed by atoms with van der Waals surface area (Å²) >= 11 is 0. The highest BCUT2D eigenvalue weighted by Gasteiger charge is 2.34. The zero-order valence-corrected chi connectivity index (χ0v) is 18.1. The van der Waals surface area contributed by atoms with Crippen LogP contribution in [0, 0.1) is 11.7 Å². The van der Waals surface area contributed by atoms with E-state index in [4.69, 9.17) is 4.74 Å². The zero-order valence-electron chi connectivity index (χ0n) is 18.1. The number of amides is 1. The molecule has 1 amide bonds. The van der Waals surface area contributed by atoms with Gasteiger partial charge in [-0.1, -0.05) is 6.07 Å². The van der Waals surface area contributed by atoms with Crippen LogP contribution >= 0.6 is 0 Å². The Labute approximate surface area is 186 Å². The van der Waals surface area contributed by atoms with Gasteiger partial charge in [0.05, 0.1) is 5.56 Å². The number of nitrogens with zero attached hydrogens (tertiary/aromatic N) is 1. The minimum Gasteiger partial charge on any atom is -0.492 e. The topological polar surface area (TPSA) is 57.4 Å². The Balaban J connectivity index is 1.18. The van der Waals surface area contributed by atoms with E-state index in [1.54, 1.807) is 12.1 Å². The van der Waals surface area contributed by atoms with Crippen molar-refractivity contribution < 1.29 is 13.9 Å². The maximum Gasteiger partial charge on any atom is 0.252 e. The predicted octanol–water partition coefficient (Wildman–Crippen LogP) is 4.20. The monoisotopic (exact) mass is 433 g/mol. The van der Waals surface area contributed by atoms with Gasteiger partial charge in [0.1, 0.15) is 18.2 Å². The van der Waals surface area contributed by atoms with Gasteiger partial charge in [-0.25, -0.2) is 4.39 Å². The molecule has 1 atom stereocenters. The van der Waals surface area contributed by atoms with Crippen LogP contribution in [0.15, 0.2) is 36.5 Å². The molecule has 0 unspecified atom stereocenters. The molecule has 32 heavy (non-hydrogen) atoms. The SMILES string of the molecule is O=C1NCc2ccc3c(c21)C[C@@H](N(CCCc1c[nH]c2ccc(F)cc12)CC1CC1)CO3. The lowest BCUT2D eigenvalue weighted by Gasteiger charge is -2.36. The van der Waals surface area contributed by atoms with Crippen molar-refractivity contribution in [1.82, 2.24) is 15.2 Å². The van der Waals surface area contributed by atoms with Crippen LogP contribution < -0.4 is 10.1 Å². The number of rotatable bonds is 7. The normalized spacial score (nSPS) is 19.7. The molecule has 1 aromatic heterocycles. The highest BCUT2D eigenvalue weighted by atomic mass is 19.1. The first kappa shape index (κ1) is 19.8. The van der Waals surface area contributed by atoms with Crippen molar-refractivity contribution in [3.8, 4) is 5.75 Å². The van der Waals surface area contributed by atoms with Crippen LogP contribution in [0.4, 0.5) is 4.39 Å². The largest absolute Gasteiger partial charge is 0.492 e. The Morgan fingerprint density at radius 1 is 1.19 bits per heavy atom. The van der Waals surface area contributed by atoms with Crippen LogP contribution in [0.2, 0.25) is 0 Å². The quantitative estimate of drug-likeness (QED) is 0.587. The lowest BCUT2D eigenvalue weighted by molar-refractivity contribution is 0.0954. The van der Waals surface area contributed by atoms with Crippen molar-refractivity contribution in [3.63, 3.8) is 0 Å². The van der Waals surface area contributed by atoms with Crippen LogP contribution in [0.5, 0.6) is 5.75 Å². The third kappa shape index (κ3) is 3.66. The lowest BCUT2D eigenvalue weighted by atomic mass is 9.93. The van der Waals surface area contributed by atoms with Crippen molar-refractivity contribution in [1.29, 1.82) is 0 Å². The fourth-order valence-corrected chi connectivity index (χ4v) is 5.31. The van der Waals surface area contributed by atoms with E-state index >= 15 is 0 Å². The summed E-state index contributed by atoms with van der Waals surface area (Å²) in [6, 6.07) is 9.24. The average Bonchev–Trinajstić information content (AvgIpc) is 3.42. The van der Waals surface area contributed by atoms with Crippen LogP contribution in [-0.2, 0) is 19.4 Å². The maximum atomic E-state index is 13.7. The number of aromatic amines is 1. The standard InChI is InChI=1S/C26H28FN3O2/c27-19-6-7-23-21(10-19)17(12-28-23)2-1-9-30(14-16-3-4-16)20-11-22-24(32-15-20)8-5-18-13-29-26(31)25(18)22/h5-8,10,12,16,20,28H,1-4,9,11,13-15H2,(H,29,31)/t20-/m1/s1. The number of ether oxygens (including phenoxy) is 1. The smallest absolute Gasteiger partial charge is 0.252 e. The van der Waals surface area contributed by atoms with E-state index in [9.17, 15) is 9.18 Å². The van der Waals surface area contributed by atoms with E-state index in [0.717, 1.165) is 71.6 Å². The van der Waals surface area contributed by atoms with Gasteiger partial charge in [-0.15, -0.1) is 0 Å². The summed E-state index contributed by atoms with van der Waals surface area (Å²) in [7, 11) is 0. The van der Waals surface area contributed by atoms with Crippen molar-refractivity contribution in [2.24, 2.45) is 5.92 Å². The third-order valence-corrected chi connectivity index (χ3v) is 7.22. The van der Waals surface area contributed by atoms with Gasteiger partial charge in [0.25, 0.3) is 5.91 Å². The van der Waals surface area contributed by atoms with Crippen LogP contribution in [0.3, 0.4) is 0 Å². The van der Waals surface area contributed by atoms with Crippen LogP contribution in [-0.4, -0.2) is 41.5 Å². The summed E-state index contributed by atoms with van der Waals surface area (Å²) in [4.78, 5) is 18.3. The minimum absolute atomic E-state index is 0.0291. The molecule has 0 bridgehead atoms. The van der Waals surface area contributed by atoms with E-state index < -0.39 is 0 Å². The molecule has 1 aliphatic carbocycles. The van der Waals surface area contributed by atoms with E-state index in [1.165, 1.54) is 24.5 Å². The Kier molecular flexibility index (Phi) is 4.90. The van der Waals surface area contributed by atoms with E-state index in [2.05, 4.69) is 15.2 Å². The molecule has 2 aromatic carbocycles. The molecule has 166 valence electrons. The molecule has 3 heterocycles. The van der Waals surface area contributed by atoms with E-state index in [1.807, 2.05) is 18.3 Å². The molecule has 2 N–H and O–H groups in total. The molecule has 0 spiro atoms. The molecular weight excluding hydrogens is 405 g/mol.